The lowest BCUT2D eigenvalue weighted by Gasteiger charge is -2.25. The van der Waals surface area contributed by atoms with Crippen LogP contribution in [0.1, 0.15) is 34.7 Å². The average Bonchev–Trinajstić information content (AvgIpc) is 2.45. The summed E-state index contributed by atoms with van der Waals surface area (Å²) in [6.07, 6.45) is 0.764. The molecule has 0 bridgehead atoms. The summed E-state index contributed by atoms with van der Waals surface area (Å²) in [4.78, 5) is 0. The van der Waals surface area contributed by atoms with Crippen molar-refractivity contribution in [1.29, 1.82) is 0 Å². The second-order valence-corrected chi connectivity index (χ2v) is 6.08. The molecule has 3 rings (SSSR count). The zero-order chi connectivity index (χ0) is 16.0. The van der Waals surface area contributed by atoms with Crippen LogP contribution in [-0.2, 0) is 6.42 Å². The van der Waals surface area contributed by atoms with Crippen LogP contribution in [0, 0.1) is 13.8 Å². The number of hydrogen-bond donors (Lipinski definition) is 2. The summed E-state index contributed by atoms with van der Waals surface area (Å²) in [5.41, 5.74) is 8.14. The number of rotatable bonds is 1. The Morgan fingerprint density at radius 1 is 0.955 bits per heavy atom. The molecular weight excluding hydrogens is 272 g/mol. The zero-order valence-corrected chi connectivity index (χ0v) is 13.2. The molecule has 0 aromatic heterocycles. The quantitative estimate of drug-likeness (QED) is 0.795. The van der Waals surface area contributed by atoms with Gasteiger partial charge in [-0.25, -0.2) is 0 Å². The number of fused-ring (bicyclic) bond motifs is 1. The SMILES string of the molecule is C=C1C(C)=C(c2ccc(O)c(C)c2)Cc2cc(C)cc(O)c21. The molecule has 1 aliphatic rings. The van der Waals surface area contributed by atoms with Gasteiger partial charge in [0.25, 0.3) is 0 Å². The molecule has 2 N–H and O–H groups in total. The Balaban J connectivity index is 2.16. The van der Waals surface area contributed by atoms with Crippen molar-refractivity contribution in [2.75, 3.05) is 0 Å². The highest BCUT2D eigenvalue weighted by molar-refractivity contribution is 5.95. The van der Waals surface area contributed by atoms with Crippen molar-refractivity contribution in [3.8, 4) is 11.5 Å². The molecule has 2 aromatic carbocycles. The lowest BCUT2D eigenvalue weighted by molar-refractivity contribution is 0.471. The number of hydrogen-bond acceptors (Lipinski definition) is 2. The first kappa shape index (κ1) is 14.5. The largest absolute Gasteiger partial charge is 0.508 e. The van der Waals surface area contributed by atoms with Crippen molar-refractivity contribution in [1.82, 2.24) is 0 Å². The third kappa shape index (κ3) is 2.21. The predicted octanol–water partition coefficient (Wildman–Crippen LogP) is 4.76. The zero-order valence-electron chi connectivity index (χ0n) is 13.2. The second kappa shape index (κ2) is 5.06. The normalized spacial score (nSPS) is 14.2. The van der Waals surface area contributed by atoms with Gasteiger partial charge in [-0.3, -0.25) is 0 Å². The lowest BCUT2D eigenvalue weighted by atomic mass is 9.80. The van der Waals surface area contributed by atoms with Crippen LogP contribution >= 0.6 is 0 Å². The van der Waals surface area contributed by atoms with E-state index in [1.807, 2.05) is 32.9 Å². The topological polar surface area (TPSA) is 40.5 Å². The van der Waals surface area contributed by atoms with Crippen molar-refractivity contribution in [2.45, 2.75) is 27.2 Å². The molecule has 0 fully saturated rings. The molecule has 0 radical (unpaired) electrons. The summed E-state index contributed by atoms with van der Waals surface area (Å²) < 4.78 is 0. The summed E-state index contributed by atoms with van der Waals surface area (Å²) in [7, 11) is 0. The van der Waals surface area contributed by atoms with E-state index in [2.05, 4.69) is 12.6 Å². The Morgan fingerprint density at radius 3 is 2.36 bits per heavy atom. The minimum absolute atomic E-state index is 0.306. The van der Waals surface area contributed by atoms with E-state index in [9.17, 15) is 10.2 Å². The monoisotopic (exact) mass is 292 g/mol. The maximum atomic E-state index is 10.2. The molecule has 0 unspecified atom stereocenters. The average molecular weight is 292 g/mol. The van der Waals surface area contributed by atoms with E-state index < -0.39 is 0 Å². The molecule has 2 nitrogen and oxygen atoms in total. The number of aromatic hydroxyl groups is 2. The minimum Gasteiger partial charge on any atom is -0.508 e. The highest BCUT2D eigenvalue weighted by Crippen LogP contribution is 2.43. The summed E-state index contributed by atoms with van der Waals surface area (Å²) in [5, 5.41) is 20.0. The molecule has 0 atom stereocenters. The standard InChI is InChI=1S/C20H20O2/c1-11-7-16-10-17(15-5-6-18(21)12(2)9-15)13(3)14(4)20(16)19(22)8-11/h5-9,21-22H,4,10H2,1-3H3. The fourth-order valence-corrected chi connectivity index (χ4v) is 3.18. The third-order valence-electron chi connectivity index (χ3n) is 4.46. The first-order chi connectivity index (χ1) is 10.4. The molecule has 2 heteroatoms. The van der Waals surface area contributed by atoms with Crippen molar-refractivity contribution >= 4 is 11.1 Å². The first-order valence-electron chi connectivity index (χ1n) is 7.40. The van der Waals surface area contributed by atoms with Crippen LogP contribution in [0.5, 0.6) is 11.5 Å². The highest BCUT2D eigenvalue weighted by atomic mass is 16.3. The second-order valence-electron chi connectivity index (χ2n) is 6.08. The van der Waals surface area contributed by atoms with E-state index >= 15 is 0 Å². The molecule has 0 spiro atoms. The van der Waals surface area contributed by atoms with Gasteiger partial charge in [0.2, 0.25) is 0 Å². The molecule has 0 amide bonds. The van der Waals surface area contributed by atoms with Crippen LogP contribution in [0.3, 0.4) is 0 Å². The van der Waals surface area contributed by atoms with E-state index in [1.165, 1.54) is 5.57 Å². The third-order valence-corrected chi connectivity index (χ3v) is 4.46. The Bertz CT molecular complexity index is 826. The van der Waals surface area contributed by atoms with Crippen molar-refractivity contribution in [3.63, 3.8) is 0 Å². The number of benzene rings is 2. The molecule has 22 heavy (non-hydrogen) atoms. The maximum Gasteiger partial charge on any atom is 0.123 e. The summed E-state index contributed by atoms with van der Waals surface area (Å²) >= 11 is 0. The molecular formula is C20H20O2. The number of phenolic OH excluding ortho intramolecular Hbond substituents is 2. The smallest absolute Gasteiger partial charge is 0.123 e. The molecule has 0 heterocycles. The summed E-state index contributed by atoms with van der Waals surface area (Å²) in [6.45, 7) is 10.1. The predicted molar refractivity (Wildman–Crippen MR) is 91.0 cm³/mol. The minimum atomic E-state index is 0.306. The van der Waals surface area contributed by atoms with E-state index in [0.29, 0.717) is 11.5 Å². The van der Waals surface area contributed by atoms with Gasteiger partial charge >= 0.3 is 0 Å². The van der Waals surface area contributed by atoms with Gasteiger partial charge in [0, 0.05) is 5.56 Å². The number of aryl methyl sites for hydroxylation is 2. The van der Waals surface area contributed by atoms with Crippen molar-refractivity contribution < 1.29 is 10.2 Å². The van der Waals surface area contributed by atoms with E-state index in [4.69, 9.17) is 0 Å². The van der Waals surface area contributed by atoms with Gasteiger partial charge < -0.3 is 10.2 Å². The van der Waals surface area contributed by atoms with Gasteiger partial charge in [-0.1, -0.05) is 18.7 Å². The van der Waals surface area contributed by atoms with Crippen LogP contribution in [0.25, 0.3) is 11.1 Å². The number of allylic oxidation sites excluding steroid dienone is 3. The van der Waals surface area contributed by atoms with Crippen LogP contribution < -0.4 is 0 Å². The molecule has 0 saturated carbocycles. The Labute approximate surface area is 131 Å². The van der Waals surface area contributed by atoms with Gasteiger partial charge in [-0.05, 0) is 84.4 Å². The first-order valence-corrected chi connectivity index (χ1v) is 7.40. The van der Waals surface area contributed by atoms with Crippen LogP contribution in [0.4, 0.5) is 0 Å². The van der Waals surface area contributed by atoms with Crippen LogP contribution in [0.2, 0.25) is 0 Å². The van der Waals surface area contributed by atoms with E-state index in [0.717, 1.165) is 45.4 Å². The van der Waals surface area contributed by atoms with Crippen LogP contribution in [-0.4, -0.2) is 10.2 Å². The Kier molecular flexibility index (Phi) is 3.32. The molecule has 0 aliphatic heterocycles. The van der Waals surface area contributed by atoms with E-state index in [-0.39, 0.29) is 0 Å². The number of phenols is 2. The van der Waals surface area contributed by atoms with Gasteiger partial charge in [0.15, 0.2) is 0 Å². The van der Waals surface area contributed by atoms with Crippen molar-refractivity contribution in [2.24, 2.45) is 0 Å². The molecule has 112 valence electrons. The lowest BCUT2D eigenvalue weighted by Crippen LogP contribution is -2.07. The summed E-state index contributed by atoms with van der Waals surface area (Å²) in [6, 6.07) is 9.57. The molecule has 1 aliphatic carbocycles. The van der Waals surface area contributed by atoms with Gasteiger partial charge in [0.1, 0.15) is 11.5 Å². The fourth-order valence-electron chi connectivity index (χ4n) is 3.18. The van der Waals surface area contributed by atoms with Crippen LogP contribution in [0.15, 0.2) is 42.5 Å². The highest BCUT2D eigenvalue weighted by Gasteiger charge is 2.23. The van der Waals surface area contributed by atoms with Crippen molar-refractivity contribution in [3.05, 3.63) is 70.3 Å². The molecule has 0 saturated heterocycles. The Hall–Kier alpha value is -2.48. The fraction of sp³-hybridized carbons (Fsp3) is 0.200. The van der Waals surface area contributed by atoms with E-state index in [1.54, 1.807) is 12.1 Å². The van der Waals surface area contributed by atoms with Gasteiger partial charge in [0.05, 0.1) is 0 Å². The van der Waals surface area contributed by atoms with Gasteiger partial charge in [-0.15, -0.1) is 0 Å². The maximum absolute atomic E-state index is 10.2. The Morgan fingerprint density at radius 2 is 1.68 bits per heavy atom. The molecule has 2 aromatic rings. The van der Waals surface area contributed by atoms with Gasteiger partial charge in [-0.2, -0.15) is 0 Å². The summed E-state index contributed by atoms with van der Waals surface area (Å²) in [5.74, 6) is 0.616.